The lowest BCUT2D eigenvalue weighted by molar-refractivity contribution is -0.397. The fourth-order valence-corrected chi connectivity index (χ4v) is 10.9. The van der Waals surface area contributed by atoms with Crippen LogP contribution in [0.25, 0.3) is 9.88 Å². The summed E-state index contributed by atoms with van der Waals surface area (Å²) in [5.41, 5.74) is 5.36. The minimum atomic E-state index is -4.39. The number of thiazole rings is 2. The molecule has 7 rings (SSSR count). The average molecular weight is 1190 g/mol. The topological polar surface area (TPSA) is 296 Å². The molecule has 4 atom stereocenters. The number of halogens is 2. The number of carbonyl (C=O) groups is 4. The smallest absolute Gasteiger partial charge is 0.407 e. The Morgan fingerprint density at radius 3 is 1.32 bits per heavy atom. The van der Waals surface area contributed by atoms with Crippen LogP contribution in [-0.2, 0) is 71.8 Å². The van der Waals surface area contributed by atoms with Crippen molar-refractivity contribution in [3.8, 4) is 9.88 Å². The number of carbonyl (C=O) groups excluding carboxylic acids is 4. The van der Waals surface area contributed by atoms with Gasteiger partial charge in [0.1, 0.15) is 29.0 Å². The molecule has 10 N–H and O–H groups in total. The largest absolute Gasteiger partial charge is 1.00 e. The molecule has 20 nitrogen and oxygen atoms in total. The lowest BCUT2D eigenvalue weighted by atomic mass is 10.0. The number of nitrogens with one attached hydrogen (secondary N) is 8. The van der Waals surface area contributed by atoms with Crippen LogP contribution in [0.5, 0.6) is 0 Å². The van der Waals surface area contributed by atoms with Crippen LogP contribution < -0.4 is 65.5 Å². The Morgan fingerprint density at radius 1 is 0.532 bits per heavy atom. The summed E-state index contributed by atoms with van der Waals surface area (Å²) in [4.78, 5) is 58.7. The fraction of sp³-hybridized carbons (Fsp3) is 0.240. The third-order valence-electron chi connectivity index (χ3n) is 11.1. The first kappa shape index (κ1) is 62.9. The van der Waals surface area contributed by atoms with Crippen molar-refractivity contribution in [3.63, 3.8) is 0 Å². The Balaban J connectivity index is 0.000000325. The molecule has 0 spiro atoms. The van der Waals surface area contributed by atoms with E-state index in [1.54, 1.807) is 46.9 Å². The van der Waals surface area contributed by atoms with Gasteiger partial charge in [-0.1, -0.05) is 121 Å². The van der Waals surface area contributed by atoms with E-state index in [2.05, 4.69) is 31.2 Å². The lowest BCUT2D eigenvalue weighted by Crippen LogP contribution is -3.00. The van der Waals surface area contributed by atoms with Crippen molar-refractivity contribution >= 4 is 90.0 Å². The molecule has 27 heteroatoms. The minimum absolute atomic E-state index is 0. The molecule has 0 bridgehead atoms. The van der Waals surface area contributed by atoms with Gasteiger partial charge >= 0.3 is 32.8 Å². The minimum Gasteiger partial charge on any atom is -1.00 e. The molecule has 3 heterocycles. The Morgan fingerprint density at radius 2 is 0.948 bits per heavy atom. The highest BCUT2D eigenvalue weighted by Crippen LogP contribution is 2.28. The van der Waals surface area contributed by atoms with Crippen molar-refractivity contribution in [2.45, 2.75) is 63.2 Å². The molecule has 77 heavy (non-hydrogen) atoms. The van der Waals surface area contributed by atoms with E-state index in [1.165, 1.54) is 49.8 Å². The number of methoxy groups -OCH3 is 2. The summed E-state index contributed by atoms with van der Waals surface area (Å²) in [6.45, 7) is 2.02. The van der Waals surface area contributed by atoms with Crippen LogP contribution in [0.2, 0.25) is 0 Å². The maximum atomic E-state index is 13.5. The van der Waals surface area contributed by atoms with E-state index in [0.717, 1.165) is 55.0 Å². The van der Waals surface area contributed by atoms with Crippen molar-refractivity contribution in [1.82, 2.24) is 21.3 Å². The van der Waals surface area contributed by atoms with Crippen LogP contribution in [0.4, 0.5) is 21.0 Å². The second kappa shape index (κ2) is 30.3. The molecule has 4 aromatic carbocycles. The normalized spacial score (nSPS) is 12.5. The number of aromatic nitrogens is 2. The van der Waals surface area contributed by atoms with Gasteiger partial charge in [0.05, 0.1) is 36.4 Å². The number of rotatable bonds is 22. The van der Waals surface area contributed by atoms with Gasteiger partial charge < -0.3 is 55.6 Å². The summed E-state index contributed by atoms with van der Waals surface area (Å²) in [5.74, 6) is -0.771. The summed E-state index contributed by atoms with van der Waals surface area (Å²) >= 11 is 4.66. The number of thiophene rings is 1. The molecule has 3 aromatic heterocycles. The molecule has 0 fully saturated rings. The molecule has 0 saturated carbocycles. The number of alkyl carbamates (subject to hydrolysis) is 2. The molecule has 0 saturated heterocycles. The van der Waals surface area contributed by atoms with E-state index in [0.29, 0.717) is 12.8 Å². The van der Waals surface area contributed by atoms with Gasteiger partial charge in [0.25, 0.3) is 5.01 Å². The van der Waals surface area contributed by atoms with Gasteiger partial charge in [-0.15, -0.1) is 11.3 Å². The maximum absolute atomic E-state index is 13.5. The van der Waals surface area contributed by atoms with Gasteiger partial charge in [0.2, 0.25) is 28.2 Å². The molecule has 0 aliphatic carbocycles. The molecule has 4 amide bonds. The molecular formula is C50H56Cl2N8O12S5. The molecule has 0 aliphatic rings. The fourth-order valence-electron chi connectivity index (χ4n) is 7.43. The highest BCUT2D eigenvalue weighted by molar-refractivity contribution is 7.87. The molecule has 7 aromatic rings. The molecule has 0 radical (unpaired) electrons. The summed E-state index contributed by atoms with van der Waals surface area (Å²) in [6.07, 6.45) is 0.681. The van der Waals surface area contributed by atoms with Crippen LogP contribution in [-0.4, -0.2) is 76.2 Å². The van der Waals surface area contributed by atoms with Crippen molar-refractivity contribution in [3.05, 3.63) is 176 Å². The Kier molecular flexibility index (Phi) is 24.7. The number of amides is 4. The van der Waals surface area contributed by atoms with Crippen LogP contribution in [0.15, 0.2) is 137 Å². The number of H-pyrrole nitrogens is 2. The summed E-state index contributed by atoms with van der Waals surface area (Å²) in [5, 5.41) is 19.2. The first-order valence-electron chi connectivity index (χ1n) is 23.0. The van der Waals surface area contributed by atoms with Gasteiger partial charge in [-0.25, -0.2) is 14.6 Å². The first-order valence-corrected chi connectivity index (χ1v) is 28.5. The summed E-state index contributed by atoms with van der Waals surface area (Å²) in [7, 11) is -6.29. The van der Waals surface area contributed by atoms with Gasteiger partial charge in [-0.3, -0.25) is 28.1 Å². The monoisotopic (exact) mass is 1190 g/mol. The molecule has 412 valence electrons. The van der Waals surface area contributed by atoms with Crippen molar-refractivity contribution in [2.24, 2.45) is 0 Å². The number of benzene rings is 4. The van der Waals surface area contributed by atoms with Crippen molar-refractivity contribution < 1.29 is 89.4 Å². The van der Waals surface area contributed by atoms with Crippen LogP contribution in [0, 0.1) is 0 Å². The van der Waals surface area contributed by atoms with Gasteiger partial charge in [-0.2, -0.15) is 21.8 Å². The number of hydrogen-bond acceptors (Lipinski definition) is 13. The van der Waals surface area contributed by atoms with Gasteiger partial charge in [-0.05, 0) is 58.0 Å². The van der Waals surface area contributed by atoms with E-state index in [9.17, 15) is 36.0 Å². The number of hydrogen-bond donors (Lipinski definition) is 8. The Bertz CT molecular complexity index is 3190. The molecular weight excluding hydrogens is 1140 g/mol. The highest BCUT2D eigenvalue weighted by Gasteiger charge is 2.31. The maximum Gasteiger partial charge on any atom is 0.407 e. The van der Waals surface area contributed by atoms with E-state index < -0.39 is 62.9 Å². The summed E-state index contributed by atoms with van der Waals surface area (Å²) < 4.78 is 75.8. The van der Waals surface area contributed by atoms with E-state index in [1.807, 2.05) is 105 Å². The molecule has 0 aliphatic heterocycles. The van der Waals surface area contributed by atoms with Crippen molar-refractivity contribution in [2.75, 3.05) is 23.7 Å². The van der Waals surface area contributed by atoms with E-state index in [4.69, 9.17) is 18.6 Å². The van der Waals surface area contributed by atoms with E-state index >= 15 is 0 Å². The van der Waals surface area contributed by atoms with Crippen molar-refractivity contribution in [1.29, 1.82) is 0 Å². The van der Waals surface area contributed by atoms with Crippen LogP contribution >= 0.6 is 34.0 Å². The predicted molar refractivity (Wildman–Crippen MR) is 286 cm³/mol. The quantitative estimate of drug-likeness (QED) is 0.0433. The first-order chi connectivity index (χ1) is 35.9. The third-order valence-corrected chi connectivity index (χ3v) is 15.0. The van der Waals surface area contributed by atoms with Gasteiger partial charge in [0.15, 0.2) is 0 Å². The second-order valence-corrected chi connectivity index (χ2v) is 21.7. The second-order valence-electron chi connectivity index (χ2n) is 16.6. The standard InChI is InChI=1S/C26H26N4O6S3.C24H28N4O6S2.2ClH/c1-36-26(32)29-21(15-17-6-3-2-4-7-17)24(31)27-20(22-16-38-25(28-22)23-8-5-13-37-23)14-18-9-11-19(12-10-18)30-39(33,34)35;1-3-22-25-21(15-35-22)19(13-17-9-11-18(12-10-17)28-36(31,32)33)26-23(29)20(27-24(30)34-2)14-16-7-5-4-6-8-16;;/h2-13,16,20-21,30H,14-15H2,1H3,(H,27,31)(H,29,32)(H,33,34,35);4-12,15,19-20,28H,3,13-14H2,1-2H3,(H,26,29)(H,27,30)(H,31,32,33);2*1H/t;19-,20-;;/m.0../s1. The average Bonchev–Trinajstić information content (AvgIpc) is 4.21. The Labute approximate surface area is 470 Å². The SMILES string of the molecule is CCc1[nH+]c([C@H](Cc2ccc(NS(=O)(=O)O)cc2)NC(=O)[C@H](Cc2ccccc2)NC(=O)OC)cs1.COC(=O)NC(Cc1ccccc1)C(=O)NC(Cc1ccc(NS(=O)(=O)O)cc1)c1csc(-c2cccs2)[nH+]1.[Cl-].[Cl-]. The van der Waals surface area contributed by atoms with Gasteiger partial charge in [0, 0.05) is 32.1 Å². The lowest BCUT2D eigenvalue weighted by Gasteiger charge is -2.21. The zero-order chi connectivity index (χ0) is 54.0. The van der Waals surface area contributed by atoms with E-state index in [-0.39, 0.29) is 54.9 Å². The highest BCUT2D eigenvalue weighted by atomic mass is 35.5. The zero-order valence-electron chi connectivity index (χ0n) is 41.4. The predicted octanol–water partition coefficient (Wildman–Crippen LogP) is 0.587. The zero-order valence-corrected chi connectivity index (χ0v) is 47.0. The van der Waals surface area contributed by atoms with Crippen LogP contribution in [0.3, 0.4) is 0 Å². The third kappa shape index (κ3) is 21.0. The number of aryl methyl sites for hydroxylation is 1. The number of aromatic amines is 2. The Hall–Kier alpha value is -6.68. The number of anilines is 2. The summed E-state index contributed by atoms with van der Waals surface area (Å²) in [6, 6.07) is 32.8. The van der Waals surface area contributed by atoms with Crippen LogP contribution in [0.1, 0.15) is 57.7 Å². The molecule has 2 unspecified atom stereocenters. The number of ether oxygens (including phenoxy) is 2.